The summed E-state index contributed by atoms with van der Waals surface area (Å²) in [4.78, 5) is 0. The molecule has 0 aromatic carbocycles. The van der Waals surface area contributed by atoms with Crippen LogP contribution in [0.5, 0.6) is 0 Å². The van der Waals surface area contributed by atoms with Gasteiger partial charge in [-0.1, -0.05) is 194 Å². The highest BCUT2D eigenvalue weighted by atomic mass is 16.3. The summed E-state index contributed by atoms with van der Waals surface area (Å²) in [7, 11) is 2.41. The fourth-order valence-electron chi connectivity index (χ4n) is 6.79. The minimum atomic E-state index is 0.328. The van der Waals surface area contributed by atoms with Crippen molar-refractivity contribution in [3.8, 4) is 0 Å². The largest absolute Gasteiger partial charge is 0.390 e. The molecular formula is C40H84NO+. The Hall–Kier alpha value is -0.0800. The molecule has 0 saturated carbocycles. The van der Waals surface area contributed by atoms with E-state index in [-0.39, 0.29) is 0 Å². The van der Waals surface area contributed by atoms with Crippen molar-refractivity contribution in [3.05, 3.63) is 0 Å². The number of nitrogens with zero attached hydrogens (tertiary/aromatic N) is 1. The third kappa shape index (κ3) is 28.7. The van der Waals surface area contributed by atoms with Gasteiger partial charge in [-0.25, -0.2) is 0 Å². The lowest BCUT2D eigenvalue weighted by molar-refractivity contribution is -0.932. The number of aliphatic hydroxyl groups is 1. The van der Waals surface area contributed by atoms with Gasteiger partial charge in [-0.3, -0.25) is 0 Å². The van der Waals surface area contributed by atoms with Crippen molar-refractivity contribution in [1.29, 1.82) is 0 Å². The molecule has 0 aromatic rings. The maximum Gasteiger partial charge on any atom is 0.109 e. The second-order valence-corrected chi connectivity index (χ2v) is 14.6. The van der Waals surface area contributed by atoms with Gasteiger partial charge in [0, 0.05) is 0 Å². The Kier molecular flexibility index (Phi) is 33.7. The number of quaternary nitrogens is 1. The van der Waals surface area contributed by atoms with Crippen molar-refractivity contribution in [1.82, 2.24) is 0 Å². The Morgan fingerprint density at radius 1 is 0.357 bits per heavy atom. The van der Waals surface area contributed by atoms with Gasteiger partial charge in [0.2, 0.25) is 0 Å². The summed E-state index contributed by atoms with van der Waals surface area (Å²) in [5.41, 5.74) is 0. The number of rotatable bonds is 36. The maximum absolute atomic E-state index is 9.92. The number of hydrogen-bond donors (Lipinski definition) is 1. The van der Waals surface area contributed by atoms with E-state index in [1.165, 1.54) is 219 Å². The van der Waals surface area contributed by atoms with Crippen LogP contribution in [-0.2, 0) is 0 Å². The van der Waals surface area contributed by atoms with Crippen LogP contribution in [0.3, 0.4) is 0 Å². The fourth-order valence-corrected chi connectivity index (χ4v) is 6.79. The van der Waals surface area contributed by atoms with Crippen LogP contribution in [0.15, 0.2) is 0 Å². The molecule has 0 rings (SSSR count). The monoisotopic (exact) mass is 595 g/mol. The molecule has 2 heteroatoms. The maximum atomic E-state index is 9.92. The summed E-state index contributed by atoms with van der Waals surface area (Å²) in [6.07, 6.45) is 45.8. The molecule has 0 heterocycles. The van der Waals surface area contributed by atoms with E-state index in [2.05, 4.69) is 27.8 Å². The molecule has 0 radical (unpaired) electrons. The van der Waals surface area contributed by atoms with Crippen LogP contribution in [-0.4, -0.2) is 42.4 Å². The number of unbranched alkanes of at least 4 members (excludes halogenated alkanes) is 30. The third-order valence-corrected chi connectivity index (χ3v) is 10.4. The van der Waals surface area contributed by atoms with Gasteiger partial charge in [0.05, 0.1) is 26.7 Å². The Bertz CT molecular complexity index is 456. The Morgan fingerprint density at radius 2 is 0.548 bits per heavy atom. The predicted octanol–water partition coefficient (Wildman–Crippen LogP) is 13.3. The van der Waals surface area contributed by atoms with Crippen molar-refractivity contribution in [2.75, 3.05) is 26.7 Å². The van der Waals surface area contributed by atoms with E-state index in [1.807, 2.05) is 0 Å². The van der Waals surface area contributed by atoms with E-state index in [4.69, 9.17) is 0 Å². The number of hydrogen-bond acceptors (Lipinski definition) is 1. The minimum Gasteiger partial charge on any atom is -0.390 e. The molecule has 0 aliphatic rings. The van der Waals surface area contributed by atoms with Crippen LogP contribution >= 0.6 is 0 Å². The molecule has 254 valence electrons. The smallest absolute Gasteiger partial charge is 0.109 e. The lowest BCUT2D eigenvalue weighted by Crippen LogP contribution is -2.53. The second-order valence-electron chi connectivity index (χ2n) is 14.6. The van der Waals surface area contributed by atoms with Crippen LogP contribution in [0, 0.1) is 0 Å². The topological polar surface area (TPSA) is 20.2 Å². The summed E-state index contributed by atoms with van der Waals surface area (Å²) >= 11 is 0. The molecule has 0 spiro atoms. The van der Waals surface area contributed by atoms with Crippen molar-refractivity contribution >= 4 is 0 Å². The molecule has 0 saturated heterocycles. The first-order chi connectivity index (χ1) is 20.6. The molecule has 1 atom stereocenters. The molecule has 1 unspecified atom stereocenters. The van der Waals surface area contributed by atoms with Crippen molar-refractivity contribution < 1.29 is 9.59 Å². The normalized spacial score (nSPS) is 12.8. The number of aliphatic hydroxyl groups excluding tert-OH is 1. The summed E-state index contributed by atoms with van der Waals surface area (Å²) in [5.74, 6) is 0. The summed E-state index contributed by atoms with van der Waals surface area (Å²) in [6.45, 7) is 9.69. The molecule has 0 aromatic heterocycles. The van der Waals surface area contributed by atoms with Crippen LogP contribution in [0.25, 0.3) is 0 Å². The highest BCUT2D eigenvalue weighted by Crippen LogP contribution is 2.19. The zero-order chi connectivity index (χ0) is 30.8. The van der Waals surface area contributed by atoms with E-state index >= 15 is 0 Å². The molecule has 0 amide bonds. The number of likely N-dealkylation sites (N-methyl/N-ethyl adjacent to an activating group) is 1. The van der Waals surface area contributed by atoms with Crippen LogP contribution < -0.4 is 0 Å². The van der Waals surface area contributed by atoms with Gasteiger partial charge in [-0.2, -0.15) is 0 Å². The molecule has 42 heavy (non-hydrogen) atoms. The van der Waals surface area contributed by atoms with Crippen LogP contribution in [0.4, 0.5) is 0 Å². The van der Waals surface area contributed by atoms with E-state index in [9.17, 15) is 5.11 Å². The van der Waals surface area contributed by atoms with Gasteiger partial charge in [-0.05, 0) is 32.6 Å². The van der Waals surface area contributed by atoms with E-state index < -0.39 is 0 Å². The first-order valence-corrected chi connectivity index (χ1v) is 20.1. The van der Waals surface area contributed by atoms with Gasteiger partial charge in [0.1, 0.15) is 6.04 Å². The average Bonchev–Trinajstić information content (AvgIpc) is 3.00. The molecule has 0 fully saturated rings. The highest BCUT2D eigenvalue weighted by Gasteiger charge is 2.27. The first kappa shape index (κ1) is 41.9. The van der Waals surface area contributed by atoms with Crippen molar-refractivity contribution in [2.45, 2.75) is 232 Å². The Labute approximate surface area is 268 Å². The lowest BCUT2D eigenvalue weighted by atomic mass is 10.0. The van der Waals surface area contributed by atoms with Gasteiger partial charge in [-0.15, -0.1) is 0 Å². The van der Waals surface area contributed by atoms with Gasteiger partial charge in [0.25, 0.3) is 0 Å². The van der Waals surface area contributed by atoms with Gasteiger partial charge < -0.3 is 9.59 Å². The van der Waals surface area contributed by atoms with Crippen molar-refractivity contribution in [3.63, 3.8) is 0 Å². The zero-order valence-electron chi connectivity index (χ0n) is 30.2. The minimum absolute atomic E-state index is 0.328. The van der Waals surface area contributed by atoms with Crippen LogP contribution in [0.1, 0.15) is 226 Å². The predicted molar refractivity (Wildman–Crippen MR) is 192 cm³/mol. The average molecular weight is 595 g/mol. The standard InChI is InChI=1S/C40H84NO/c1-5-7-9-11-13-15-17-19-21-23-25-27-29-31-33-35-37-41(4,40(3)39-42)38-36-34-32-30-28-26-24-22-20-18-16-14-12-10-8-6-2/h40,42H,5-39H2,1-4H3/q+1. The second kappa shape index (κ2) is 33.8. The summed E-state index contributed by atoms with van der Waals surface area (Å²) in [6, 6.07) is 0.373. The van der Waals surface area contributed by atoms with Crippen LogP contribution in [0.2, 0.25) is 0 Å². The van der Waals surface area contributed by atoms with Gasteiger partial charge in [0.15, 0.2) is 0 Å². The lowest BCUT2D eigenvalue weighted by Gasteiger charge is -2.39. The van der Waals surface area contributed by atoms with E-state index in [0.717, 1.165) is 4.48 Å². The summed E-state index contributed by atoms with van der Waals surface area (Å²) < 4.78 is 1.08. The van der Waals surface area contributed by atoms with E-state index in [0.29, 0.717) is 12.6 Å². The third-order valence-electron chi connectivity index (χ3n) is 10.4. The Morgan fingerprint density at radius 3 is 0.738 bits per heavy atom. The molecule has 0 bridgehead atoms. The molecular weight excluding hydrogens is 510 g/mol. The Balaban J connectivity index is 3.61. The molecule has 2 nitrogen and oxygen atoms in total. The highest BCUT2D eigenvalue weighted by molar-refractivity contribution is 4.56. The molecule has 0 aliphatic heterocycles. The van der Waals surface area contributed by atoms with Crippen molar-refractivity contribution in [2.24, 2.45) is 0 Å². The summed E-state index contributed by atoms with van der Waals surface area (Å²) in [5, 5.41) is 9.92. The molecule has 0 aliphatic carbocycles. The quantitative estimate of drug-likeness (QED) is 0.0565. The van der Waals surface area contributed by atoms with Gasteiger partial charge >= 0.3 is 0 Å². The first-order valence-electron chi connectivity index (χ1n) is 20.1. The fraction of sp³-hybridized carbons (Fsp3) is 1.00. The SMILES string of the molecule is CCCCCCCCCCCCCCCCCC[N+](C)(CCCCCCCCCCCCCCCCCC)C(C)CO. The zero-order valence-corrected chi connectivity index (χ0v) is 30.2. The van der Waals surface area contributed by atoms with E-state index in [1.54, 1.807) is 0 Å². The molecule has 1 N–H and O–H groups in total.